The van der Waals surface area contributed by atoms with Crippen molar-refractivity contribution in [1.82, 2.24) is 0 Å². The van der Waals surface area contributed by atoms with Gasteiger partial charge in [0.2, 0.25) is 0 Å². The highest BCUT2D eigenvalue weighted by molar-refractivity contribution is 4.46. The van der Waals surface area contributed by atoms with Gasteiger partial charge in [0.25, 0.3) is 0 Å². The monoisotopic (exact) mass is 260 g/mol. The lowest BCUT2D eigenvalue weighted by atomic mass is 10.1. The molecule has 0 aromatic carbocycles. The Morgan fingerprint density at radius 2 is 1.06 bits per heavy atom. The molecule has 110 valence electrons. The van der Waals surface area contributed by atoms with E-state index in [1.54, 1.807) is 0 Å². The minimum Gasteiger partial charge on any atom is -0.396 e. The van der Waals surface area contributed by atoms with E-state index in [0.717, 1.165) is 6.42 Å². The summed E-state index contributed by atoms with van der Waals surface area (Å²) in [6.07, 6.45) is 14.0. The van der Waals surface area contributed by atoms with Crippen LogP contribution < -0.4 is 0 Å². The largest absolute Gasteiger partial charge is 0.396 e. The fourth-order valence-electron chi connectivity index (χ4n) is 1.89. The lowest BCUT2D eigenvalue weighted by Crippen LogP contribution is -2.00. The van der Waals surface area contributed by atoms with Gasteiger partial charge in [-0.05, 0) is 12.8 Å². The van der Waals surface area contributed by atoms with Crippen LogP contribution in [-0.2, 0) is 9.78 Å². The predicted molar refractivity (Wildman–Crippen MR) is 75.5 cm³/mol. The van der Waals surface area contributed by atoms with Crippen molar-refractivity contribution in [3.8, 4) is 0 Å². The highest BCUT2D eigenvalue weighted by Gasteiger charge is 1.93. The SMILES string of the molecule is CCCCCCCCCCCCOOCCCO. The first-order chi connectivity index (χ1) is 8.91. The van der Waals surface area contributed by atoms with E-state index >= 15 is 0 Å². The summed E-state index contributed by atoms with van der Waals surface area (Å²) >= 11 is 0. The van der Waals surface area contributed by atoms with E-state index < -0.39 is 0 Å². The Morgan fingerprint density at radius 1 is 0.611 bits per heavy atom. The molecule has 0 saturated carbocycles. The summed E-state index contributed by atoms with van der Waals surface area (Å²) in [5.74, 6) is 0. The molecule has 0 heterocycles. The van der Waals surface area contributed by atoms with Gasteiger partial charge in [-0.1, -0.05) is 64.7 Å². The minimum absolute atomic E-state index is 0.168. The van der Waals surface area contributed by atoms with Crippen molar-refractivity contribution in [2.45, 2.75) is 77.6 Å². The molecule has 1 N–H and O–H groups in total. The summed E-state index contributed by atoms with van der Waals surface area (Å²) in [6, 6.07) is 0. The molecular formula is C15H32O3. The van der Waals surface area contributed by atoms with Crippen molar-refractivity contribution in [2.24, 2.45) is 0 Å². The third-order valence-electron chi connectivity index (χ3n) is 3.05. The quantitative estimate of drug-likeness (QED) is 0.272. The third-order valence-corrected chi connectivity index (χ3v) is 3.05. The first-order valence-corrected chi connectivity index (χ1v) is 7.77. The lowest BCUT2D eigenvalue weighted by Gasteiger charge is -2.03. The summed E-state index contributed by atoms with van der Waals surface area (Å²) in [7, 11) is 0. The van der Waals surface area contributed by atoms with Gasteiger partial charge >= 0.3 is 0 Å². The van der Waals surface area contributed by atoms with Crippen LogP contribution in [0.1, 0.15) is 77.6 Å². The molecular weight excluding hydrogens is 228 g/mol. The maximum Gasteiger partial charge on any atom is 0.0844 e. The van der Waals surface area contributed by atoms with Crippen molar-refractivity contribution in [3.63, 3.8) is 0 Å². The van der Waals surface area contributed by atoms with E-state index in [0.29, 0.717) is 19.6 Å². The van der Waals surface area contributed by atoms with Crippen LogP contribution in [0.2, 0.25) is 0 Å². The van der Waals surface area contributed by atoms with Gasteiger partial charge in [0.1, 0.15) is 0 Å². The second kappa shape index (κ2) is 16.9. The second-order valence-electron chi connectivity index (χ2n) is 4.90. The van der Waals surface area contributed by atoms with Crippen LogP contribution in [0.15, 0.2) is 0 Å². The molecule has 0 aliphatic carbocycles. The first-order valence-electron chi connectivity index (χ1n) is 7.77. The molecule has 0 spiro atoms. The van der Waals surface area contributed by atoms with Crippen molar-refractivity contribution < 1.29 is 14.9 Å². The molecule has 3 heteroatoms. The summed E-state index contributed by atoms with van der Waals surface area (Å²) < 4.78 is 0. The molecule has 0 aromatic heterocycles. The van der Waals surface area contributed by atoms with Crippen LogP contribution in [0.4, 0.5) is 0 Å². The van der Waals surface area contributed by atoms with Crippen molar-refractivity contribution in [1.29, 1.82) is 0 Å². The van der Waals surface area contributed by atoms with Crippen molar-refractivity contribution >= 4 is 0 Å². The number of hydrogen-bond acceptors (Lipinski definition) is 3. The zero-order chi connectivity index (χ0) is 13.3. The molecule has 0 aliphatic heterocycles. The van der Waals surface area contributed by atoms with Gasteiger partial charge in [-0.3, -0.25) is 0 Å². The molecule has 3 nitrogen and oxygen atoms in total. The highest BCUT2D eigenvalue weighted by Crippen LogP contribution is 2.10. The fraction of sp³-hybridized carbons (Fsp3) is 1.00. The van der Waals surface area contributed by atoms with E-state index in [1.165, 1.54) is 57.8 Å². The molecule has 18 heavy (non-hydrogen) atoms. The van der Waals surface area contributed by atoms with Crippen molar-refractivity contribution in [2.75, 3.05) is 19.8 Å². The van der Waals surface area contributed by atoms with Crippen LogP contribution >= 0.6 is 0 Å². The Balaban J connectivity index is 2.86. The molecule has 0 aliphatic rings. The Kier molecular flexibility index (Phi) is 16.8. The molecule has 0 amide bonds. The summed E-state index contributed by atoms with van der Waals surface area (Å²) in [5, 5.41) is 8.52. The van der Waals surface area contributed by atoms with Gasteiger partial charge < -0.3 is 5.11 Å². The Bertz CT molecular complexity index is 124. The molecule has 0 saturated heterocycles. The number of unbranched alkanes of at least 4 members (excludes halogenated alkanes) is 9. The highest BCUT2D eigenvalue weighted by atomic mass is 17.2. The van der Waals surface area contributed by atoms with E-state index in [-0.39, 0.29) is 6.61 Å². The van der Waals surface area contributed by atoms with Crippen LogP contribution in [0, 0.1) is 0 Å². The van der Waals surface area contributed by atoms with Crippen LogP contribution in [0.25, 0.3) is 0 Å². The minimum atomic E-state index is 0.168. The molecule has 0 atom stereocenters. The van der Waals surface area contributed by atoms with E-state index in [2.05, 4.69) is 6.92 Å². The molecule has 0 radical (unpaired) electrons. The number of rotatable bonds is 15. The maximum atomic E-state index is 8.52. The van der Waals surface area contributed by atoms with Crippen molar-refractivity contribution in [3.05, 3.63) is 0 Å². The average Bonchev–Trinajstić information content (AvgIpc) is 2.39. The summed E-state index contributed by atoms with van der Waals surface area (Å²) in [4.78, 5) is 9.89. The zero-order valence-electron chi connectivity index (χ0n) is 12.2. The second-order valence-corrected chi connectivity index (χ2v) is 4.90. The molecule has 0 unspecified atom stereocenters. The zero-order valence-corrected chi connectivity index (χ0v) is 12.2. The van der Waals surface area contributed by atoms with E-state index in [4.69, 9.17) is 14.9 Å². The van der Waals surface area contributed by atoms with Crippen LogP contribution in [0.5, 0.6) is 0 Å². The molecule has 0 bridgehead atoms. The maximum absolute atomic E-state index is 8.52. The Labute approximate surface area is 113 Å². The van der Waals surface area contributed by atoms with Crippen LogP contribution in [-0.4, -0.2) is 24.9 Å². The standard InChI is InChI=1S/C15H32O3/c1-2-3-4-5-6-7-8-9-10-11-14-17-18-15-12-13-16/h16H,2-15H2,1H3. The molecule has 0 fully saturated rings. The Morgan fingerprint density at radius 3 is 1.56 bits per heavy atom. The molecule has 0 aromatic rings. The summed E-state index contributed by atoms with van der Waals surface area (Å²) in [6.45, 7) is 3.60. The van der Waals surface area contributed by atoms with Gasteiger partial charge in [0, 0.05) is 6.61 Å². The van der Waals surface area contributed by atoms with E-state index in [9.17, 15) is 0 Å². The van der Waals surface area contributed by atoms with Gasteiger partial charge in [0.05, 0.1) is 13.2 Å². The van der Waals surface area contributed by atoms with Gasteiger partial charge in [0.15, 0.2) is 0 Å². The van der Waals surface area contributed by atoms with Gasteiger partial charge in [-0.25, -0.2) is 9.78 Å². The number of hydrogen-bond donors (Lipinski definition) is 1. The number of aliphatic hydroxyl groups is 1. The average molecular weight is 260 g/mol. The fourth-order valence-corrected chi connectivity index (χ4v) is 1.89. The third kappa shape index (κ3) is 15.9. The van der Waals surface area contributed by atoms with Gasteiger partial charge in [-0.15, -0.1) is 0 Å². The Hall–Kier alpha value is -0.120. The first kappa shape index (κ1) is 17.9. The number of aliphatic hydroxyl groups excluding tert-OH is 1. The van der Waals surface area contributed by atoms with Gasteiger partial charge in [-0.2, -0.15) is 0 Å². The van der Waals surface area contributed by atoms with E-state index in [1.807, 2.05) is 0 Å². The smallest absolute Gasteiger partial charge is 0.0844 e. The topological polar surface area (TPSA) is 38.7 Å². The molecule has 0 rings (SSSR count). The summed E-state index contributed by atoms with van der Waals surface area (Å²) in [5.41, 5.74) is 0. The normalized spacial score (nSPS) is 11.0. The lowest BCUT2D eigenvalue weighted by molar-refractivity contribution is -0.295. The predicted octanol–water partition coefficient (Wildman–Crippen LogP) is 4.24. The van der Waals surface area contributed by atoms with Crippen LogP contribution in [0.3, 0.4) is 0 Å².